The second kappa shape index (κ2) is 7.04. The molecule has 2 nitrogen and oxygen atoms in total. The molecule has 18 heavy (non-hydrogen) atoms. The zero-order valence-corrected chi connectivity index (χ0v) is 13.7. The third kappa shape index (κ3) is 4.05. The number of likely N-dealkylation sites (tertiary alicyclic amines) is 1. The van der Waals surface area contributed by atoms with Crippen LogP contribution in [0.2, 0.25) is 0 Å². The largest absolute Gasteiger partial charge is 0.309 e. The molecule has 1 aliphatic heterocycles. The van der Waals surface area contributed by atoms with Gasteiger partial charge in [-0.3, -0.25) is 0 Å². The summed E-state index contributed by atoms with van der Waals surface area (Å²) < 4.78 is 1.24. The summed E-state index contributed by atoms with van der Waals surface area (Å²) in [4.78, 5) is 3.85. The number of hydrogen-bond donors (Lipinski definition) is 1. The van der Waals surface area contributed by atoms with E-state index in [9.17, 15) is 0 Å². The van der Waals surface area contributed by atoms with E-state index in [0.717, 1.165) is 12.5 Å². The zero-order valence-electron chi connectivity index (χ0n) is 11.3. The Bertz CT molecular complexity index is 358. The van der Waals surface area contributed by atoms with Crippen molar-refractivity contribution in [3.05, 3.63) is 20.8 Å². The summed E-state index contributed by atoms with van der Waals surface area (Å²) in [7, 11) is 2.23. The third-order valence-corrected chi connectivity index (χ3v) is 5.93. The molecule has 2 heterocycles. The van der Waals surface area contributed by atoms with E-state index in [1.54, 1.807) is 0 Å². The van der Waals surface area contributed by atoms with Crippen LogP contribution >= 0.6 is 27.3 Å². The van der Waals surface area contributed by atoms with Gasteiger partial charge in [-0.25, -0.2) is 0 Å². The number of nitrogens with one attached hydrogen (secondary N) is 1. The molecule has 1 atom stereocenters. The molecular formula is C14H23BrN2S. The summed E-state index contributed by atoms with van der Waals surface area (Å²) in [6, 6.07) is 2.60. The van der Waals surface area contributed by atoms with Crippen LogP contribution in [0, 0.1) is 5.92 Å². The number of nitrogens with zero attached hydrogens (tertiary/aromatic N) is 1. The average Bonchev–Trinajstić information content (AvgIpc) is 2.78. The van der Waals surface area contributed by atoms with Gasteiger partial charge in [0.1, 0.15) is 0 Å². The first kappa shape index (κ1) is 14.5. The Morgan fingerprint density at radius 3 is 2.83 bits per heavy atom. The lowest BCUT2D eigenvalue weighted by molar-refractivity contribution is 0.211. The molecule has 1 N–H and O–H groups in total. The van der Waals surface area contributed by atoms with Crippen molar-refractivity contribution in [1.82, 2.24) is 10.2 Å². The van der Waals surface area contributed by atoms with Gasteiger partial charge in [-0.15, -0.1) is 11.3 Å². The molecule has 2 rings (SSSR count). The second-order valence-corrected chi connectivity index (χ2v) is 7.15. The minimum atomic E-state index is 0.464. The van der Waals surface area contributed by atoms with E-state index < -0.39 is 0 Å². The SMILES string of the molecule is CC(NCCC1CCN(C)CC1)c1sccc1Br. The van der Waals surface area contributed by atoms with Crippen LogP contribution in [-0.4, -0.2) is 31.6 Å². The van der Waals surface area contributed by atoms with Crippen LogP contribution < -0.4 is 5.32 Å². The molecule has 1 unspecified atom stereocenters. The summed E-state index contributed by atoms with van der Waals surface area (Å²) in [6.07, 6.45) is 4.06. The molecule has 0 spiro atoms. The molecule has 0 radical (unpaired) electrons. The van der Waals surface area contributed by atoms with Gasteiger partial charge in [0.05, 0.1) is 0 Å². The molecule has 1 aromatic rings. The predicted octanol–water partition coefficient (Wildman–Crippen LogP) is 3.89. The first-order valence-electron chi connectivity index (χ1n) is 6.81. The van der Waals surface area contributed by atoms with Gasteiger partial charge in [0, 0.05) is 15.4 Å². The van der Waals surface area contributed by atoms with E-state index in [1.165, 1.54) is 41.7 Å². The molecule has 0 bridgehead atoms. The first-order chi connectivity index (χ1) is 8.66. The molecule has 0 aromatic carbocycles. The van der Waals surface area contributed by atoms with Gasteiger partial charge in [-0.05, 0) is 86.2 Å². The van der Waals surface area contributed by atoms with Crippen molar-refractivity contribution < 1.29 is 0 Å². The van der Waals surface area contributed by atoms with Crippen molar-refractivity contribution in [1.29, 1.82) is 0 Å². The van der Waals surface area contributed by atoms with Crippen LogP contribution in [0.25, 0.3) is 0 Å². The predicted molar refractivity (Wildman–Crippen MR) is 83.3 cm³/mol. The maximum absolute atomic E-state index is 3.65. The number of halogens is 1. The molecule has 1 saturated heterocycles. The van der Waals surface area contributed by atoms with Crippen molar-refractivity contribution in [2.45, 2.75) is 32.2 Å². The average molecular weight is 331 g/mol. The van der Waals surface area contributed by atoms with Gasteiger partial charge in [0.25, 0.3) is 0 Å². The fourth-order valence-corrected chi connectivity index (χ4v) is 4.31. The summed E-state index contributed by atoms with van der Waals surface area (Å²) in [6.45, 7) is 5.94. The zero-order chi connectivity index (χ0) is 13.0. The number of hydrogen-bond acceptors (Lipinski definition) is 3. The summed E-state index contributed by atoms with van der Waals surface area (Å²) >= 11 is 5.43. The summed E-state index contributed by atoms with van der Waals surface area (Å²) in [5, 5.41) is 5.80. The highest BCUT2D eigenvalue weighted by Crippen LogP contribution is 2.29. The molecule has 1 aromatic heterocycles. The van der Waals surface area contributed by atoms with E-state index in [4.69, 9.17) is 0 Å². The minimum Gasteiger partial charge on any atom is -0.309 e. The Labute approximate surface area is 123 Å². The standard InChI is InChI=1S/C14H23BrN2S/c1-11(14-13(15)6-10-18-14)16-7-3-12-4-8-17(2)9-5-12/h6,10-12,16H,3-5,7-9H2,1-2H3. The lowest BCUT2D eigenvalue weighted by atomic mass is 9.94. The molecular weight excluding hydrogens is 308 g/mol. The Kier molecular flexibility index (Phi) is 5.67. The van der Waals surface area contributed by atoms with Crippen molar-refractivity contribution in [3.8, 4) is 0 Å². The number of thiophene rings is 1. The van der Waals surface area contributed by atoms with Crippen LogP contribution in [0.4, 0.5) is 0 Å². The molecule has 1 aliphatic rings. The highest BCUT2D eigenvalue weighted by Gasteiger charge is 2.17. The molecule has 0 aliphatic carbocycles. The second-order valence-electron chi connectivity index (χ2n) is 5.34. The molecule has 0 saturated carbocycles. The van der Waals surface area contributed by atoms with Gasteiger partial charge < -0.3 is 10.2 Å². The number of piperidine rings is 1. The maximum Gasteiger partial charge on any atom is 0.0397 e. The van der Waals surface area contributed by atoms with E-state index in [-0.39, 0.29) is 0 Å². The summed E-state index contributed by atoms with van der Waals surface area (Å²) in [5.41, 5.74) is 0. The topological polar surface area (TPSA) is 15.3 Å². The third-order valence-electron chi connectivity index (χ3n) is 3.88. The molecule has 4 heteroatoms. The van der Waals surface area contributed by atoms with Gasteiger partial charge >= 0.3 is 0 Å². The normalized spacial score (nSPS) is 20.2. The highest BCUT2D eigenvalue weighted by atomic mass is 79.9. The number of rotatable bonds is 5. The van der Waals surface area contributed by atoms with Crippen LogP contribution in [0.1, 0.15) is 37.1 Å². The monoisotopic (exact) mass is 330 g/mol. The van der Waals surface area contributed by atoms with Gasteiger partial charge in [0.15, 0.2) is 0 Å². The van der Waals surface area contributed by atoms with Gasteiger partial charge in [-0.2, -0.15) is 0 Å². The van der Waals surface area contributed by atoms with Crippen molar-refractivity contribution in [3.63, 3.8) is 0 Å². The van der Waals surface area contributed by atoms with Gasteiger partial charge in [0.2, 0.25) is 0 Å². The Balaban J connectivity index is 1.68. The van der Waals surface area contributed by atoms with Crippen LogP contribution in [0.3, 0.4) is 0 Å². The lowest BCUT2D eigenvalue weighted by Gasteiger charge is -2.29. The van der Waals surface area contributed by atoms with E-state index in [0.29, 0.717) is 6.04 Å². The Morgan fingerprint density at radius 2 is 2.22 bits per heavy atom. The lowest BCUT2D eigenvalue weighted by Crippen LogP contribution is -2.32. The fourth-order valence-electron chi connectivity index (χ4n) is 2.56. The fraction of sp³-hybridized carbons (Fsp3) is 0.714. The minimum absolute atomic E-state index is 0.464. The highest BCUT2D eigenvalue weighted by molar-refractivity contribution is 9.10. The molecule has 0 amide bonds. The van der Waals surface area contributed by atoms with Crippen molar-refractivity contribution in [2.24, 2.45) is 5.92 Å². The Hall–Kier alpha value is 0.100. The van der Waals surface area contributed by atoms with E-state index >= 15 is 0 Å². The smallest absolute Gasteiger partial charge is 0.0397 e. The van der Waals surface area contributed by atoms with Crippen LogP contribution in [0.5, 0.6) is 0 Å². The molecule has 102 valence electrons. The molecule has 1 fully saturated rings. The van der Waals surface area contributed by atoms with Crippen LogP contribution in [-0.2, 0) is 0 Å². The van der Waals surface area contributed by atoms with Crippen molar-refractivity contribution >= 4 is 27.3 Å². The van der Waals surface area contributed by atoms with E-state index in [1.807, 2.05) is 11.3 Å². The maximum atomic E-state index is 3.65. The summed E-state index contributed by atoms with van der Waals surface area (Å²) in [5.74, 6) is 0.924. The van der Waals surface area contributed by atoms with Crippen molar-refractivity contribution in [2.75, 3.05) is 26.7 Å². The van der Waals surface area contributed by atoms with Crippen LogP contribution in [0.15, 0.2) is 15.9 Å². The quantitative estimate of drug-likeness (QED) is 0.880. The van der Waals surface area contributed by atoms with E-state index in [2.05, 4.69) is 51.6 Å². The Morgan fingerprint density at radius 1 is 1.50 bits per heavy atom. The first-order valence-corrected chi connectivity index (χ1v) is 8.49. The van der Waals surface area contributed by atoms with Gasteiger partial charge in [-0.1, -0.05) is 0 Å².